The van der Waals surface area contributed by atoms with Crippen molar-refractivity contribution in [2.75, 3.05) is 6.54 Å². The molecule has 21 heavy (non-hydrogen) atoms. The zero-order valence-corrected chi connectivity index (χ0v) is 12.7. The van der Waals surface area contributed by atoms with Gasteiger partial charge in [-0.1, -0.05) is 37.3 Å². The second kappa shape index (κ2) is 6.04. The van der Waals surface area contributed by atoms with Crippen molar-refractivity contribution < 1.29 is 8.78 Å². The van der Waals surface area contributed by atoms with Gasteiger partial charge < -0.3 is 5.32 Å². The van der Waals surface area contributed by atoms with Gasteiger partial charge in [0, 0.05) is 18.9 Å². The zero-order valence-electron chi connectivity index (χ0n) is 12.7. The minimum atomic E-state index is -2.42. The summed E-state index contributed by atoms with van der Waals surface area (Å²) in [5.74, 6) is -0.750. The maximum absolute atomic E-state index is 13.4. The summed E-state index contributed by atoms with van der Waals surface area (Å²) < 4.78 is 26.7. The van der Waals surface area contributed by atoms with Gasteiger partial charge in [0.15, 0.2) is 0 Å². The van der Waals surface area contributed by atoms with Crippen LogP contribution in [0.2, 0.25) is 0 Å². The fraction of sp³-hybridized carbons (Fsp3) is 0.667. The average Bonchev–Trinajstić information content (AvgIpc) is 3.26. The third kappa shape index (κ3) is 3.45. The second-order valence-electron chi connectivity index (χ2n) is 6.69. The van der Waals surface area contributed by atoms with Gasteiger partial charge in [-0.3, -0.25) is 0 Å². The number of benzene rings is 1. The summed E-state index contributed by atoms with van der Waals surface area (Å²) in [6, 6.07) is 11.0. The van der Waals surface area contributed by atoms with Gasteiger partial charge in [0.05, 0.1) is 0 Å². The lowest BCUT2D eigenvalue weighted by Gasteiger charge is -2.34. The van der Waals surface area contributed by atoms with E-state index in [1.54, 1.807) is 0 Å². The molecular weight excluding hydrogens is 268 g/mol. The first-order chi connectivity index (χ1) is 10.1. The van der Waals surface area contributed by atoms with Crippen LogP contribution < -0.4 is 5.32 Å². The summed E-state index contributed by atoms with van der Waals surface area (Å²) in [7, 11) is 0. The van der Waals surface area contributed by atoms with Crippen LogP contribution in [0.3, 0.4) is 0 Å². The van der Waals surface area contributed by atoms with Crippen LogP contribution >= 0.6 is 0 Å². The van der Waals surface area contributed by atoms with Gasteiger partial charge in [-0.2, -0.15) is 0 Å². The van der Waals surface area contributed by atoms with E-state index in [4.69, 9.17) is 0 Å². The van der Waals surface area contributed by atoms with Crippen molar-refractivity contribution >= 4 is 0 Å². The Kier molecular flexibility index (Phi) is 4.30. The molecule has 0 aliphatic heterocycles. The van der Waals surface area contributed by atoms with Crippen LogP contribution in [0.5, 0.6) is 0 Å². The standard InChI is InChI=1S/C18H25F2N/c1-2-21-17(14-8-10-18(19,20)11-9-14)16-12-15(16)13-6-4-3-5-7-13/h3-7,14-17,21H,2,8-12H2,1H3. The molecule has 0 radical (unpaired) electrons. The second-order valence-corrected chi connectivity index (χ2v) is 6.69. The van der Waals surface area contributed by atoms with Crippen LogP contribution in [-0.2, 0) is 0 Å². The van der Waals surface area contributed by atoms with Crippen LogP contribution in [0.15, 0.2) is 30.3 Å². The van der Waals surface area contributed by atoms with Gasteiger partial charge in [0.25, 0.3) is 0 Å². The SMILES string of the molecule is CCNC(C1CCC(F)(F)CC1)C1CC1c1ccccc1. The van der Waals surface area contributed by atoms with E-state index in [0.717, 1.165) is 6.54 Å². The first-order valence-corrected chi connectivity index (χ1v) is 8.27. The van der Waals surface area contributed by atoms with E-state index in [-0.39, 0.29) is 12.8 Å². The Morgan fingerprint density at radius 2 is 1.86 bits per heavy atom. The van der Waals surface area contributed by atoms with Gasteiger partial charge in [0.1, 0.15) is 0 Å². The summed E-state index contributed by atoms with van der Waals surface area (Å²) >= 11 is 0. The molecular formula is C18H25F2N. The number of halogens is 2. The van der Waals surface area contributed by atoms with E-state index in [0.29, 0.717) is 36.6 Å². The van der Waals surface area contributed by atoms with Crippen LogP contribution in [-0.4, -0.2) is 18.5 Å². The Bertz CT molecular complexity index is 450. The molecule has 116 valence electrons. The highest BCUT2D eigenvalue weighted by atomic mass is 19.3. The molecule has 0 heterocycles. The molecule has 3 rings (SSSR count). The summed E-state index contributed by atoms with van der Waals surface area (Å²) in [6.07, 6.45) is 2.69. The molecule has 3 heteroatoms. The molecule has 0 bridgehead atoms. The van der Waals surface area contributed by atoms with Crippen molar-refractivity contribution in [3.8, 4) is 0 Å². The minimum absolute atomic E-state index is 0.0717. The number of hydrogen-bond donors (Lipinski definition) is 1. The van der Waals surface area contributed by atoms with Crippen molar-refractivity contribution in [3.05, 3.63) is 35.9 Å². The van der Waals surface area contributed by atoms with Crippen LogP contribution in [0.1, 0.15) is 50.5 Å². The molecule has 1 N–H and O–H groups in total. The van der Waals surface area contributed by atoms with Crippen molar-refractivity contribution in [2.24, 2.45) is 11.8 Å². The van der Waals surface area contributed by atoms with Gasteiger partial charge in [-0.25, -0.2) is 8.78 Å². The topological polar surface area (TPSA) is 12.0 Å². The molecule has 1 aromatic rings. The van der Waals surface area contributed by atoms with Crippen molar-refractivity contribution in [1.29, 1.82) is 0 Å². The number of rotatable bonds is 5. The average molecular weight is 293 g/mol. The van der Waals surface area contributed by atoms with E-state index >= 15 is 0 Å². The first-order valence-electron chi connectivity index (χ1n) is 8.27. The predicted molar refractivity (Wildman–Crippen MR) is 81.7 cm³/mol. The third-order valence-electron chi connectivity index (χ3n) is 5.24. The minimum Gasteiger partial charge on any atom is -0.314 e. The Morgan fingerprint density at radius 3 is 2.48 bits per heavy atom. The highest BCUT2D eigenvalue weighted by molar-refractivity contribution is 5.27. The lowest BCUT2D eigenvalue weighted by molar-refractivity contribution is -0.0504. The van der Waals surface area contributed by atoms with E-state index in [1.807, 2.05) is 6.07 Å². The third-order valence-corrected chi connectivity index (χ3v) is 5.24. The smallest absolute Gasteiger partial charge is 0.248 e. The van der Waals surface area contributed by atoms with E-state index < -0.39 is 5.92 Å². The molecule has 2 fully saturated rings. The quantitative estimate of drug-likeness (QED) is 0.837. The Morgan fingerprint density at radius 1 is 1.19 bits per heavy atom. The van der Waals surface area contributed by atoms with Gasteiger partial charge >= 0.3 is 0 Å². The number of nitrogens with one attached hydrogen (secondary N) is 1. The fourth-order valence-electron chi connectivity index (χ4n) is 4.02. The normalized spacial score (nSPS) is 30.0. The first kappa shape index (κ1) is 15.0. The van der Waals surface area contributed by atoms with Crippen molar-refractivity contribution in [1.82, 2.24) is 5.32 Å². The Labute approximate surface area is 126 Å². The lowest BCUT2D eigenvalue weighted by Crippen LogP contribution is -2.41. The van der Waals surface area contributed by atoms with Gasteiger partial charge in [0.2, 0.25) is 5.92 Å². The molecule has 1 nitrogen and oxygen atoms in total. The molecule has 1 aromatic carbocycles. The molecule has 3 unspecified atom stereocenters. The molecule has 2 aliphatic carbocycles. The maximum Gasteiger partial charge on any atom is 0.248 e. The summed E-state index contributed by atoms with van der Waals surface area (Å²) in [4.78, 5) is 0. The van der Waals surface area contributed by atoms with Gasteiger partial charge in [-0.05, 0) is 49.1 Å². The highest BCUT2D eigenvalue weighted by Crippen LogP contribution is 2.53. The summed E-state index contributed by atoms with van der Waals surface area (Å²) in [5, 5.41) is 3.60. The van der Waals surface area contributed by atoms with Gasteiger partial charge in [-0.15, -0.1) is 0 Å². The maximum atomic E-state index is 13.4. The summed E-state index contributed by atoms with van der Waals surface area (Å²) in [6.45, 7) is 3.04. The number of alkyl halides is 2. The van der Waals surface area contributed by atoms with Crippen LogP contribution in [0, 0.1) is 11.8 Å². The molecule has 0 aromatic heterocycles. The fourth-order valence-corrected chi connectivity index (χ4v) is 4.02. The monoisotopic (exact) mass is 293 g/mol. The molecule has 2 aliphatic rings. The molecule has 0 saturated heterocycles. The molecule has 2 saturated carbocycles. The molecule has 0 amide bonds. The summed E-state index contributed by atoms with van der Waals surface area (Å²) in [5.41, 5.74) is 1.41. The predicted octanol–water partition coefficient (Wildman–Crippen LogP) is 4.59. The van der Waals surface area contributed by atoms with E-state index in [1.165, 1.54) is 12.0 Å². The largest absolute Gasteiger partial charge is 0.314 e. The van der Waals surface area contributed by atoms with Crippen LogP contribution in [0.25, 0.3) is 0 Å². The van der Waals surface area contributed by atoms with E-state index in [9.17, 15) is 8.78 Å². The van der Waals surface area contributed by atoms with E-state index in [2.05, 4.69) is 36.5 Å². The van der Waals surface area contributed by atoms with Crippen LogP contribution in [0.4, 0.5) is 8.78 Å². The Hall–Kier alpha value is -0.960. The number of hydrogen-bond acceptors (Lipinski definition) is 1. The highest BCUT2D eigenvalue weighted by Gasteiger charge is 2.48. The van der Waals surface area contributed by atoms with Crippen molar-refractivity contribution in [3.63, 3.8) is 0 Å². The van der Waals surface area contributed by atoms with Crippen molar-refractivity contribution in [2.45, 2.75) is 56.9 Å². The molecule has 0 spiro atoms. The Balaban J connectivity index is 1.64. The lowest BCUT2D eigenvalue weighted by atomic mass is 9.79. The molecule has 3 atom stereocenters. The zero-order chi connectivity index (χ0) is 14.9.